The van der Waals surface area contributed by atoms with Gasteiger partial charge in [-0.3, -0.25) is 9.59 Å². The van der Waals surface area contributed by atoms with Crippen LogP contribution in [-0.2, 0) is 14.3 Å². The second-order valence-electron chi connectivity index (χ2n) is 6.03. The molecule has 2 heterocycles. The van der Waals surface area contributed by atoms with Crippen molar-refractivity contribution in [2.24, 2.45) is 11.8 Å². The average Bonchev–Trinajstić information content (AvgIpc) is 2.93. The van der Waals surface area contributed by atoms with Crippen molar-refractivity contribution in [1.29, 1.82) is 0 Å². The lowest BCUT2D eigenvalue weighted by molar-refractivity contribution is -0.138. The zero-order valence-corrected chi connectivity index (χ0v) is 12.7. The van der Waals surface area contributed by atoms with Crippen molar-refractivity contribution in [1.82, 2.24) is 10.2 Å². The second-order valence-corrected chi connectivity index (χ2v) is 6.03. The number of likely N-dealkylation sites (N-methyl/N-ethyl adjacent to an activating group) is 1. The minimum atomic E-state index is -0.755. The molecule has 2 fully saturated rings. The van der Waals surface area contributed by atoms with Gasteiger partial charge >= 0.3 is 5.97 Å². The van der Waals surface area contributed by atoms with Gasteiger partial charge in [0.2, 0.25) is 5.91 Å². The highest BCUT2D eigenvalue weighted by atomic mass is 16.5. The lowest BCUT2D eigenvalue weighted by Crippen LogP contribution is -2.48. The molecule has 3 atom stereocenters. The molecule has 2 aliphatic heterocycles. The number of carboxylic acids is 1. The molecule has 0 bridgehead atoms. The summed E-state index contributed by atoms with van der Waals surface area (Å²) < 4.78 is 5.45. The predicted octanol–water partition coefficient (Wildman–Crippen LogP) is 0.714. The van der Waals surface area contributed by atoms with Crippen molar-refractivity contribution in [3.05, 3.63) is 0 Å². The highest BCUT2D eigenvalue weighted by Gasteiger charge is 2.37. The van der Waals surface area contributed by atoms with Gasteiger partial charge in [-0.15, -0.1) is 0 Å². The lowest BCUT2D eigenvalue weighted by atomic mass is 9.92. The minimum absolute atomic E-state index is 0.0943. The third-order valence-electron chi connectivity index (χ3n) is 4.46. The number of aliphatic carboxylic acids is 1. The highest BCUT2D eigenvalue weighted by molar-refractivity contribution is 5.80. The summed E-state index contributed by atoms with van der Waals surface area (Å²) >= 11 is 0. The number of hydrogen-bond acceptors (Lipinski definition) is 4. The molecule has 2 aliphatic rings. The van der Waals surface area contributed by atoms with Crippen molar-refractivity contribution < 1.29 is 19.4 Å². The molecule has 2 rings (SSSR count). The number of carbonyl (C=O) groups is 2. The third-order valence-corrected chi connectivity index (χ3v) is 4.46. The smallest absolute Gasteiger partial charge is 0.303 e. The van der Waals surface area contributed by atoms with E-state index in [1.165, 1.54) is 0 Å². The summed E-state index contributed by atoms with van der Waals surface area (Å²) in [5.41, 5.74) is 0. The number of ether oxygens (including phenoxy) is 1. The molecule has 0 aliphatic carbocycles. The van der Waals surface area contributed by atoms with Gasteiger partial charge in [0.15, 0.2) is 0 Å². The van der Waals surface area contributed by atoms with Crippen molar-refractivity contribution >= 4 is 11.9 Å². The first kappa shape index (κ1) is 16.2. The normalized spacial score (nSPS) is 29.6. The summed E-state index contributed by atoms with van der Waals surface area (Å²) in [7, 11) is 0. The summed E-state index contributed by atoms with van der Waals surface area (Å²) in [6, 6.07) is 0.113. The van der Waals surface area contributed by atoms with E-state index < -0.39 is 5.97 Å². The van der Waals surface area contributed by atoms with Crippen LogP contribution >= 0.6 is 0 Å². The van der Waals surface area contributed by atoms with Crippen LogP contribution in [0.5, 0.6) is 0 Å². The molecule has 2 saturated heterocycles. The largest absolute Gasteiger partial charge is 0.481 e. The van der Waals surface area contributed by atoms with Crippen LogP contribution in [0.4, 0.5) is 0 Å². The zero-order chi connectivity index (χ0) is 15.2. The molecule has 3 unspecified atom stereocenters. The van der Waals surface area contributed by atoms with Crippen LogP contribution in [0.2, 0.25) is 0 Å². The molecule has 2 N–H and O–H groups in total. The molecule has 0 radical (unpaired) electrons. The Morgan fingerprint density at radius 2 is 2.19 bits per heavy atom. The van der Waals surface area contributed by atoms with E-state index in [1.807, 2.05) is 11.8 Å². The van der Waals surface area contributed by atoms with Crippen LogP contribution in [0.1, 0.15) is 32.6 Å². The van der Waals surface area contributed by atoms with Crippen molar-refractivity contribution in [3.8, 4) is 0 Å². The van der Waals surface area contributed by atoms with Crippen LogP contribution in [0, 0.1) is 11.8 Å². The topological polar surface area (TPSA) is 78.9 Å². The average molecular weight is 298 g/mol. The number of nitrogens with one attached hydrogen (secondary N) is 1. The maximum absolute atomic E-state index is 12.7. The number of likely N-dealkylation sites (tertiary alicyclic amines) is 1. The van der Waals surface area contributed by atoms with Gasteiger partial charge in [0.1, 0.15) is 0 Å². The SMILES string of the molecule is CCNC1COCC1C(=O)N1CCCC(CCC(=O)O)C1. The maximum Gasteiger partial charge on any atom is 0.303 e. The molecule has 0 aromatic heterocycles. The monoisotopic (exact) mass is 298 g/mol. The fourth-order valence-corrected chi connectivity index (χ4v) is 3.32. The Kier molecular flexibility index (Phi) is 5.99. The van der Waals surface area contributed by atoms with Gasteiger partial charge in [-0.25, -0.2) is 0 Å². The molecule has 0 saturated carbocycles. The molecule has 21 heavy (non-hydrogen) atoms. The predicted molar refractivity (Wildman–Crippen MR) is 77.9 cm³/mol. The second kappa shape index (κ2) is 7.75. The summed E-state index contributed by atoms with van der Waals surface area (Å²) in [4.78, 5) is 25.3. The van der Waals surface area contributed by atoms with Gasteiger partial charge in [0.05, 0.1) is 19.1 Å². The Morgan fingerprint density at radius 3 is 2.90 bits per heavy atom. The molecule has 120 valence electrons. The minimum Gasteiger partial charge on any atom is -0.481 e. The third kappa shape index (κ3) is 4.41. The Balaban J connectivity index is 1.87. The van der Waals surface area contributed by atoms with E-state index >= 15 is 0 Å². The summed E-state index contributed by atoms with van der Waals surface area (Å²) in [6.07, 6.45) is 2.85. The molecule has 0 spiro atoms. The fraction of sp³-hybridized carbons (Fsp3) is 0.867. The van der Waals surface area contributed by atoms with E-state index in [2.05, 4.69) is 5.32 Å². The molecular weight excluding hydrogens is 272 g/mol. The fourth-order valence-electron chi connectivity index (χ4n) is 3.32. The van der Waals surface area contributed by atoms with E-state index in [-0.39, 0.29) is 24.3 Å². The van der Waals surface area contributed by atoms with Gasteiger partial charge in [-0.05, 0) is 31.7 Å². The number of hydrogen-bond donors (Lipinski definition) is 2. The van der Waals surface area contributed by atoms with Crippen LogP contribution < -0.4 is 5.32 Å². The number of piperidine rings is 1. The van der Waals surface area contributed by atoms with Gasteiger partial charge in [0.25, 0.3) is 0 Å². The van der Waals surface area contributed by atoms with Gasteiger partial charge in [0, 0.05) is 25.6 Å². The Hall–Kier alpha value is -1.14. The highest BCUT2D eigenvalue weighted by Crippen LogP contribution is 2.24. The summed E-state index contributed by atoms with van der Waals surface area (Å²) in [5.74, 6) is -0.366. The van der Waals surface area contributed by atoms with Gasteiger partial charge < -0.3 is 20.1 Å². The molecule has 6 heteroatoms. The summed E-state index contributed by atoms with van der Waals surface area (Å²) in [6.45, 7) is 5.44. The van der Waals surface area contributed by atoms with E-state index in [0.29, 0.717) is 32.1 Å². The molecule has 1 amide bonds. The van der Waals surface area contributed by atoms with E-state index in [0.717, 1.165) is 25.9 Å². The quantitative estimate of drug-likeness (QED) is 0.755. The van der Waals surface area contributed by atoms with Crippen LogP contribution in [0.25, 0.3) is 0 Å². The van der Waals surface area contributed by atoms with Gasteiger partial charge in [-0.1, -0.05) is 6.92 Å². The zero-order valence-electron chi connectivity index (χ0n) is 12.7. The first-order valence-corrected chi connectivity index (χ1v) is 7.93. The molecule has 6 nitrogen and oxygen atoms in total. The van der Waals surface area contributed by atoms with Crippen LogP contribution in [0.3, 0.4) is 0 Å². The number of amides is 1. The Bertz CT molecular complexity index is 375. The standard InChI is InChI=1S/C15H26N2O4/c1-2-16-13-10-21-9-12(13)15(20)17-7-3-4-11(8-17)5-6-14(18)19/h11-13,16H,2-10H2,1H3,(H,18,19). The van der Waals surface area contributed by atoms with Crippen LogP contribution in [0.15, 0.2) is 0 Å². The number of nitrogens with zero attached hydrogens (tertiary/aromatic N) is 1. The Morgan fingerprint density at radius 1 is 1.38 bits per heavy atom. The maximum atomic E-state index is 12.7. The Labute approximate surface area is 125 Å². The van der Waals surface area contributed by atoms with Crippen molar-refractivity contribution in [2.45, 2.75) is 38.6 Å². The molecule has 0 aromatic carbocycles. The van der Waals surface area contributed by atoms with Crippen molar-refractivity contribution in [2.75, 3.05) is 32.8 Å². The molecule has 0 aromatic rings. The molecular formula is C15H26N2O4. The van der Waals surface area contributed by atoms with Crippen LogP contribution in [-0.4, -0.2) is 60.8 Å². The lowest BCUT2D eigenvalue weighted by Gasteiger charge is -2.35. The van der Waals surface area contributed by atoms with E-state index in [4.69, 9.17) is 9.84 Å². The number of carboxylic acid groups (broad SMARTS) is 1. The summed E-state index contributed by atoms with van der Waals surface area (Å²) in [5, 5.41) is 12.1. The van der Waals surface area contributed by atoms with E-state index in [9.17, 15) is 9.59 Å². The van der Waals surface area contributed by atoms with E-state index in [1.54, 1.807) is 0 Å². The number of rotatable bonds is 6. The number of carbonyl (C=O) groups excluding carboxylic acids is 1. The first-order chi connectivity index (χ1) is 10.1. The van der Waals surface area contributed by atoms with Crippen molar-refractivity contribution in [3.63, 3.8) is 0 Å². The first-order valence-electron chi connectivity index (χ1n) is 7.93. The van der Waals surface area contributed by atoms with Gasteiger partial charge in [-0.2, -0.15) is 0 Å².